The molecular weight excluding hydrogens is 160 g/mol. The van der Waals surface area contributed by atoms with E-state index in [1.165, 1.54) is 6.92 Å². The topological polar surface area (TPSA) is 66.8 Å². The van der Waals surface area contributed by atoms with E-state index in [1.54, 1.807) is 0 Å². The van der Waals surface area contributed by atoms with E-state index in [0.717, 1.165) is 12.8 Å². The lowest BCUT2D eigenvalue weighted by Gasteiger charge is -2.11. The predicted molar refractivity (Wildman–Crippen MR) is 43.3 cm³/mol. The Morgan fingerprint density at radius 2 is 2.08 bits per heavy atom. The Bertz CT molecular complexity index is 133. The van der Waals surface area contributed by atoms with Crippen molar-refractivity contribution >= 4 is 5.97 Å². The van der Waals surface area contributed by atoms with Gasteiger partial charge >= 0.3 is 5.97 Å². The third-order valence-corrected chi connectivity index (χ3v) is 1.39. The van der Waals surface area contributed by atoms with Gasteiger partial charge in [0.2, 0.25) is 0 Å². The molecule has 0 fully saturated rings. The first-order valence-corrected chi connectivity index (χ1v) is 4.14. The van der Waals surface area contributed by atoms with Gasteiger partial charge in [-0.05, 0) is 13.3 Å². The van der Waals surface area contributed by atoms with E-state index in [1.807, 2.05) is 6.92 Å². The van der Waals surface area contributed by atoms with Crippen molar-refractivity contribution in [3.05, 3.63) is 0 Å². The van der Waals surface area contributed by atoms with Crippen LogP contribution >= 0.6 is 0 Å². The van der Waals surface area contributed by atoms with E-state index >= 15 is 0 Å². The van der Waals surface area contributed by atoms with Crippen LogP contribution in [-0.4, -0.2) is 28.6 Å². The van der Waals surface area contributed by atoms with Crippen molar-refractivity contribution in [2.45, 2.75) is 45.5 Å². The molecule has 0 aliphatic carbocycles. The minimum Gasteiger partial charge on any atom is -0.434 e. The first kappa shape index (κ1) is 11.4. The molecule has 12 heavy (non-hydrogen) atoms. The highest BCUT2D eigenvalue weighted by Gasteiger charge is 2.17. The van der Waals surface area contributed by atoms with Gasteiger partial charge in [0.25, 0.3) is 0 Å². The maximum Gasteiger partial charge on any atom is 0.337 e. The van der Waals surface area contributed by atoms with Gasteiger partial charge in [0.1, 0.15) is 0 Å². The Hall–Kier alpha value is -0.610. The molecule has 0 amide bonds. The van der Waals surface area contributed by atoms with Crippen molar-refractivity contribution in [3.63, 3.8) is 0 Å². The molecule has 0 aromatic heterocycles. The van der Waals surface area contributed by atoms with Crippen molar-refractivity contribution in [3.8, 4) is 0 Å². The van der Waals surface area contributed by atoms with Crippen molar-refractivity contribution in [1.82, 2.24) is 0 Å². The highest BCUT2D eigenvalue weighted by Crippen LogP contribution is 2.02. The monoisotopic (exact) mass is 176 g/mol. The van der Waals surface area contributed by atoms with E-state index < -0.39 is 18.4 Å². The number of aliphatic hydroxyl groups is 2. The van der Waals surface area contributed by atoms with Crippen LogP contribution in [0.15, 0.2) is 0 Å². The van der Waals surface area contributed by atoms with Gasteiger partial charge in [0.05, 0.1) is 0 Å². The normalized spacial score (nSPS) is 15.3. The summed E-state index contributed by atoms with van der Waals surface area (Å²) >= 11 is 0. The third-order valence-electron chi connectivity index (χ3n) is 1.39. The van der Waals surface area contributed by atoms with E-state index in [-0.39, 0.29) is 0 Å². The van der Waals surface area contributed by atoms with Crippen LogP contribution in [0.1, 0.15) is 33.1 Å². The van der Waals surface area contributed by atoms with Gasteiger partial charge in [0.15, 0.2) is 12.4 Å². The molecule has 0 aromatic carbocycles. The summed E-state index contributed by atoms with van der Waals surface area (Å²) in [6, 6.07) is 0. The van der Waals surface area contributed by atoms with Crippen LogP contribution < -0.4 is 0 Å². The zero-order valence-corrected chi connectivity index (χ0v) is 7.49. The number of ether oxygens (including phenoxy) is 1. The Labute approximate surface area is 72.2 Å². The first-order chi connectivity index (χ1) is 5.57. The standard InChI is InChI=1S/C8H16O4/c1-3-4-5-7(10)8(11)12-6(2)9/h6-7,9-10H,3-5H2,1-2H3/t6-,7-/m0/s1. The number of carbonyl (C=O) groups is 1. The summed E-state index contributed by atoms with van der Waals surface area (Å²) in [7, 11) is 0. The molecule has 0 aliphatic rings. The maximum absolute atomic E-state index is 10.8. The smallest absolute Gasteiger partial charge is 0.337 e. The fraction of sp³-hybridized carbons (Fsp3) is 0.875. The van der Waals surface area contributed by atoms with Gasteiger partial charge in [-0.25, -0.2) is 4.79 Å². The first-order valence-electron chi connectivity index (χ1n) is 4.14. The highest BCUT2D eigenvalue weighted by molar-refractivity contribution is 5.74. The Kier molecular flexibility index (Phi) is 5.66. The highest BCUT2D eigenvalue weighted by atomic mass is 16.6. The number of hydrogen-bond acceptors (Lipinski definition) is 4. The summed E-state index contributed by atoms with van der Waals surface area (Å²) in [5.74, 6) is -0.751. The number of carbonyl (C=O) groups excluding carboxylic acids is 1. The molecule has 72 valence electrons. The maximum atomic E-state index is 10.8. The van der Waals surface area contributed by atoms with Gasteiger partial charge in [-0.15, -0.1) is 0 Å². The quantitative estimate of drug-likeness (QED) is 0.470. The molecule has 0 radical (unpaired) electrons. The van der Waals surface area contributed by atoms with Gasteiger partial charge in [-0.2, -0.15) is 0 Å². The van der Waals surface area contributed by atoms with Crippen LogP contribution in [0.25, 0.3) is 0 Å². The number of esters is 1. The summed E-state index contributed by atoms with van der Waals surface area (Å²) in [6.45, 7) is 3.29. The Morgan fingerprint density at radius 1 is 1.50 bits per heavy atom. The predicted octanol–water partition coefficient (Wildman–Crippen LogP) is 0.419. The fourth-order valence-electron chi connectivity index (χ4n) is 0.762. The largest absolute Gasteiger partial charge is 0.434 e. The van der Waals surface area contributed by atoms with E-state index in [0.29, 0.717) is 6.42 Å². The van der Waals surface area contributed by atoms with Crippen molar-refractivity contribution in [2.24, 2.45) is 0 Å². The summed E-state index contributed by atoms with van der Waals surface area (Å²) in [5, 5.41) is 17.8. The molecule has 0 saturated heterocycles. The zero-order valence-electron chi connectivity index (χ0n) is 7.49. The lowest BCUT2D eigenvalue weighted by Crippen LogP contribution is -2.26. The van der Waals surface area contributed by atoms with Gasteiger partial charge in [-0.3, -0.25) is 0 Å². The minimum absolute atomic E-state index is 0.391. The van der Waals surface area contributed by atoms with Crippen LogP contribution in [0.3, 0.4) is 0 Å². The summed E-state index contributed by atoms with van der Waals surface area (Å²) in [4.78, 5) is 10.8. The second kappa shape index (κ2) is 5.97. The second-order valence-corrected chi connectivity index (χ2v) is 2.69. The fourth-order valence-corrected chi connectivity index (χ4v) is 0.762. The zero-order chi connectivity index (χ0) is 9.56. The molecule has 0 spiro atoms. The molecule has 4 nitrogen and oxygen atoms in total. The molecule has 0 aliphatic heterocycles. The van der Waals surface area contributed by atoms with Gasteiger partial charge in [-0.1, -0.05) is 19.8 Å². The van der Waals surface area contributed by atoms with Crippen LogP contribution in [0.2, 0.25) is 0 Å². The van der Waals surface area contributed by atoms with Crippen molar-refractivity contribution in [2.75, 3.05) is 0 Å². The summed E-state index contributed by atoms with van der Waals surface area (Å²) < 4.78 is 4.38. The second-order valence-electron chi connectivity index (χ2n) is 2.69. The van der Waals surface area contributed by atoms with Crippen LogP contribution in [-0.2, 0) is 9.53 Å². The van der Waals surface area contributed by atoms with Crippen molar-refractivity contribution in [1.29, 1.82) is 0 Å². The lowest BCUT2D eigenvalue weighted by molar-refractivity contribution is -0.174. The number of hydrogen-bond donors (Lipinski definition) is 2. The third kappa shape index (κ3) is 5.09. The minimum atomic E-state index is -1.14. The average molecular weight is 176 g/mol. The van der Waals surface area contributed by atoms with Gasteiger partial charge in [0, 0.05) is 0 Å². The van der Waals surface area contributed by atoms with Crippen LogP contribution in [0, 0.1) is 0 Å². The molecule has 0 rings (SSSR count). The molecule has 0 aromatic rings. The molecule has 0 heterocycles. The molecule has 2 atom stereocenters. The van der Waals surface area contributed by atoms with Crippen LogP contribution in [0.4, 0.5) is 0 Å². The molecule has 0 saturated carbocycles. The van der Waals surface area contributed by atoms with Crippen molar-refractivity contribution < 1.29 is 19.7 Å². The molecule has 4 heteroatoms. The number of unbranched alkanes of at least 4 members (excludes halogenated alkanes) is 1. The number of aliphatic hydroxyl groups excluding tert-OH is 2. The summed E-state index contributed by atoms with van der Waals surface area (Å²) in [5.41, 5.74) is 0. The SMILES string of the molecule is CCCC[C@H](O)C(=O)O[C@@H](C)O. The molecular formula is C8H16O4. The number of rotatable bonds is 5. The summed E-state index contributed by atoms with van der Waals surface area (Å²) in [6.07, 6.45) is -0.162. The van der Waals surface area contributed by atoms with E-state index in [2.05, 4.69) is 4.74 Å². The average Bonchev–Trinajstić information content (AvgIpc) is 1.98. The lowest BCUT2D eigenvalue weighted by atomic mass is 10.2. The molecule has 0 bridgehead atoms. The Morgan fingerprint density at radius 3 is 2.50 bits per heavy atom. The molecule has 2 N–H and O–H groups in total. The van der Waals surface area contributed by atoms with E-state index in [4.69, 9.17) is 10.2 Å². The molecule has 0 unspecified atom stereocenters. The van der Waals surface area contributed by atoms with Crippen LogP contribution in [0.5, 0.6) is 0 Å². The van der Waals surface area contributed by atoms with E-state index in [9.17, 15) is 4.79 Å². The van der Waals surface area contributed by atoms with Gasteiger partial charge < -0.3 is 14.9 Å². The Balaban J connectivity index is 3.61.